The van der Waals surface area contributed by atoms with Crippen molar-refractivity contribution in [1.29, 1.82) is 0 Å². The highest BCUT2D eigenvalue weighted by Crippen LogP contribution is 1.98. The number of carboxylic acids is 1. The van der Waals surface area contributed by atoms with Crippen LogP contribution in [0.1, 0.15) is 18.9 Å². The topological polar surface area (TPSA) is 78.4 Å². The minimum atomic E-state index is -1.02. The SMILES string of the molecule is CC[C@@H](NC(=O)NCCc1ccccc1)C(=O)O. The first-order valence-electron chi connectivity index (χ1n) is 5.94. The largest absolute Gasteiger partial charge is 0.480 e. The van der Waals surface area contributed by atoms with Crippen molar-refractivity contribution < 1.29 is 14.7 Å². The molecule has 1 atom stereocenters. The zero-order valence-electron chi connectivity index (χ0n) is 10.3. The van der Waals surface area contributed by atoms with Gasteiger partial charge in [0.1, 0.15) is 6.04 Å². The average molecular weight is 250 g/mol. The maximum Gasteiger partial charge on any atom is 0.326 e. The van der Waals surface area contributed by atoms with Crippen LogP contribution < -0.4 is 10.6 Å². The monoisotopic (exact) mass is 250 g/mol. The maximum absolute atomic E-state index is 11.4. The Bertz CT molecular complexity index is 392. The van der Waals surface area contributed by atoms with Gasteiger partial charge in [0.25, 0.3) is 0 Å². The Morgan fingerprint density at radius 1 is 1.28 bits per heavy atom. The van der Waals surface area contributed by atoms with E-state index < -0.39 is 18.0 Å². The zero-order chi connectivity index (χ0) is 13.4. The molecule has 5 nitrogen and oxygen atoms in total. The summed E-state index contributed by atoms with van der Waals surface area (Å²) in [6, 6.07) is 8.49. The van der Waals surface area contributed by atoms with Gasteiger partial charge in [-0.25, -0.2) is 9.59 Å². The molecule has 0 bridgehead atoms. The molecular weight excluding hydrogens is 232 g/mol. The van der Waals surface area contributed by atoms with Crippen LogP contribution in [0.4, 0.5) is 4.79 Å². The highest BCUT2D eigenvalue weighted by atomic mass is 16.4. The highest BCUT2D eigenvalue weighted by molar-refractivity contribution is 5.82. The Hall–Kier alpha value is -2.04. The van der Waals surface area contributed by atoms with Crippen LogP contribution in [0, 0.1) is 0 Å². The van der Waals surface area contributed by atoms with E-state index >= 15 is 0 Å². The molecular formula is C13H18N2O3. The third kappa shape index (κ3) is 4.86. The van der Waals surface area contributed by atoms with E-state index in [0.717, 1.165) is 12.0 Å². The smallest absolute Gasteiger partial charge is 0.326 e. The van der Waals surface area contributed by atoms with E-state index in [1.807, 2.05) is 30.3 Å². The van der Waals surface area contributed by atoms with Crippen molar-refractivity contribution in [3.8, 4) is 0 Å². The quantitative estimate of drug-likeness (QED) is 0.714. The minimum absolute atomic E-state index is 0.363. The molecule has 3 N–H and O–H groups in total. The van der Waals surface area contributed by atoms with Crippen molar-refractivity contribution in [3.05, 3.63) is 35.9 Å². The number of nitrogens with one attached hydrogen (secondary N) is 2. The van der Waals surface area contributed by atoms with Gasteiger partial charge in [-0.05, 0) is 18.4 Å². The van der Waals surface area contributed by atoms with Crippen molar-refractivity contribution in [2.45, 2.75) is 25.8 Å². The van der Waals surface area contributed by atoms with Gasteiger partial charge in [0.15, 0.2) is 0 Å². The number of carbonyl (C=O) groups excluding carboxylic acids is 1. The molecule has 98 valence electrons. The average Bonchev–Trinajstić information content (AvgIpc) is 2.37. The van der Waals surface area contributed by atoms with Crippen molar-refractivity contribution in [2.75, 3.05) is 6.54 Å². The highest BCUT2D eigenvalue weighted by Gasteiger charge is 2.16. The summed E-state index contributed by atoms with van der Waals surface area (Å²) < 4.78 is 0. The van der Waals surface area contributed by atoms with E-state index in [0.29, 0.717) is 13.0 Å². The lowest BCUT2D eigenvalue weighted by Crippen LogP contribution is -2.46. The Morgan fingerprint density at radius 2 is 1.94 bits per heavy atom. The maximum atomic E-state index is 11.4. The van der Waals surface area contributed by atoms with Gasteiger partial charge in [-0.1, -0.05) is 37.3 Å². The van der Waals surface area contributed by atoms with Crippen molar-refractivity contribution in [3.63, 3.8) is 0 Å². The molecule has 0 spiro atoms. The molecule has 0 aliphatic heterocycles. The fourth-order valence-corrected chi connectivity index (χ4v) is 1.51. The lowest BCUT2D eigenvalue weighted by Gasteiger charge is -2.13. The third-order valence-corrected chi connectivity index (χ3v) is 2.55. The Morgan fingerprint density at radius 3 is 2.50 bits per heavy atom. The van der Waals surface area contributed by atoms with Crippen LogP contribution in [0.25, 0.3) is 0 Å². The van der Waals surface area contributed by atoms with Crippen molar-refractivity contribution in [2.24, 2.45) is 0 Å². The summed E-state index contributed by atoms with van der Waals surface area (Å²) in [5.74, 6) is -1.02. The lowest BCUT2D eigenvalue weighted by atomic mass is 10.1. The lowest BCUT2D eigenvalue weighted by molar-refractivity contribution is -0.139. The van der Waals surface area contributed by atoms with Crippen LogP contribution in [0.3, 0.4) is 0 Å². The number of amides is 2. The number of hydrogen-bond acceptors (Lipinski definition) is 2. The number of benzene rings is 1. The molecule has 0 fully saturated rings. The van der Waals surface area contributed by atoms with Gasteiger partial charge < -0.3 is 15.7 Å². The molecule has 0 radical (unpaired) electrons. The van der Waals surface area contributed by atoms with Crippen LogP contribution >= 0.6 is 0 Å². The Labute approximate surface area is 106 Å². The molecule has 1 aromatic carbocycles. The summed E-state index contributed by atoms with van der Waals surface area (Å²) in [6.45, 7) is 2.19. The fourth-order valence-electron chi connectivity index (χ4n) is 1.51. The van der Waals surface area contributed by atoms with Gasteiger partial charge in [-0.15, -0.1) is 0 Å². The summed E-state index contributed by atoms with van der Waals surface area (Å²) >= 11 is 0. The molecule has 18 heavy (non-hydrogen) atoms. The number of carbonyl (C=O) groups is 2. The second-order valence-corrected chi connectivity index (χ2v) is 3.93. The van der Waals surface area contributed by atoms with E-state index in [-0.39, 0.29) is 0 Å². The standard InChI is InChI=1S/C13H18N2O3/c1-2-11(12(16)17)15-13(18)14-9-8-10-6-4-3-5-7-10/h3-7,11H,2,8-9H2,1H3,(H,16,17)(H2,14,15,18)/t11-/m1/s1. The summed E-state index contributed by atoms with van der Waals surface area (Å²) in [6.07, 6.45) is 1.08. The predicted octanol–water partition coefficient (Wildman–Crippen LogP) is 1.39. The second-order valence-electron chi connectivity index (χ2n) is 3.93. The van der Waals surface area contributed by atoms with Crippen LogP contribution in [-0.4, -0.2) is 29.7 Å². The third-order valence-electron chi connectivity index (χ3n) is 2.55. The van der Waals surface area contributed by atoms with Crippen molar-refractivity contribution in [1.82, 2.24) is 10.6 Å². The number of rotatable bonds is 6. The Balaban J connectivity index is 2.27. The molecule has 2 amide bonds. The molecule has 0 unspecified atom stereocenters. The van der Waals surface area contributed by atoms with Gasteiger partial charge >= 0.3 is 12.0 Å². The summed E-state index contributed by atoms with van der Waals surface area (Å²) in [4.78, 5) is 22.1. The van der Waals surface area contributed by atoms with Gasteiger partial charge in [-0.2, -0.15) is 0 Å². The second kappa shape index (κ2) is 7.32. The van der Waals surface area contributed by atoms with Gasteiger partial charge in [0, 0.05) is 6.54 Å². The zero-order valence-corrected chi connectivity index (χ0v) is 10.3. The van der Waals surface area contributed by atoms with Crippen LogP contribution in [0.5, 0.6) is 0 Å². The van der Waals surface area contributed by atoms with Gasteiger partial charge in [-0.3, -0.25) is 0 Å². The first kappa shape index (κ1) is 14.0. The van der Waals surface area contributed by atoms with Crippen LogP contribution in [0.15, 0.2) is 30.3 Å². The first-order valence-corrected chi connectivity index (χ1v) is 5.94. The number of urea groups is 1. The fraction of sp³-hybridized carbons (Fsp3) is 0.385. The summed E-state index contributed by atoms with van der Waals surface area (Å²) in [5, 5.41) is 13.8. The number of hydrogen-bond donors (Lipinski definition) is 3. The molecule has 1 aromatic rings. The van der Waals surface area contributed by atoms with E-state index in [4.69, 9.17) is 5.11 Å². The number of aliphatic carboxylic acids is 1. The molecule has 0 aliphatic carbocycles. The van der Waals surface area contributed by atoms with E-state index in [2.05, 4.69) is 10.6 Å². The minimum Gasteiger partial charge on any atom is -0.480 e. The normalized spacial score (nSPS) is 11.6. The molecule has 1 rings (SSSR count). The van der Waals surface area contributed by atoms with Gasteiger partial charge in [0.05, 0.1) is 0 Å². The van der Waals surface area contributed by atoms with E-state index in [1.165, 1.54) is 0 Å². The molecule has 0 saturated heterocycles. The predicted molar refractivity (Wildman–Crippen MR) is 68.4 cm³/mol. The Kier molecular flexibility index (Phi) is 5.70. The van der Waals surface area contributed by atoms with Gasteiger partial charge in [0.2, 0.25) is 0 Å². The first-order chi connectivity index (χ1) is 8.63. The van der Waals surface area contributed by atoms with E-state index in [1.54, 1.807) is 6.92 Å². The van der Waals surface area contributed by atoms with Crippen LogP contribution in [-0.2, 0) is 11.2 Å². The molecule has 0 heterocycles. The van der Waals surface area contributed by atoms with Crippen LogP contribution in [0.2, 0.25) is 0 Å². The molecule has 5 heteroatoms. The molecule has 0 aliphatic rings. The van der Waals surface area contributed by atoms with Crippen molar-refractivity contribution >= 4 is 12.0 Å². The number of carboxylic acid groups (broad SMARTS) is 1. The molecule has 0 saturated carbocycles. The summed E-state index contributed by atoms with van der Waals surface area (Å²) in [7, 11) is 0. The summed E-state index contributed by atoms with van der Waals surface area (Å²) in [5.41, 5.74) is 1.13. The van der Waals surface area contributed by atoms with E-state index in [9.17, 15) is 9.59 Å². The molecule has 0 aromatic heterocycles.